The van der Waals surface area contributed by atoms with Crippen LogP contribution in [0.15, 0.2) is 33.8 Å². The third-order valence-electron chi connectivity index (χ3n) is 0.937. The Morgan fingerprint density at radius 3 is 0.923 bits per heavy atom. The molecule has 0 aromatic carbocycles. The Labute approximate surface area is 81.7 Å². The van der Waals surface area contributed by atoms with Crippen molar-refractivity contribution in [1.29, 1.82) is 0 Å². The van der Waals surface area contributed by atoms with Gasteiger partial charge in [-0.2, -0.15) is 0 Å². The molecule has 8 nitrogen and oxygen atoms in total. The first-order valence-corrected chi connectivity index (χ1v) is 8.59. The van der Waals surface area contributed by atoms with Gasteiger partial charge < -0.3 is 0 Å². The summed E-state index contributed by atoms with van der Waals surface area (Å²) in [4.78, 5) is 0. The van der Waals surface area contributed by atoms with Crippen LogP contribution in [0.25, 0.3) is 0 Å². The van der Waals surface area contributed by atoms with Gasteiger partial charge in [0.15, 0.2) is 0 Å². The fourth-order valence-electron chi connectivity index (χ4n) is 0.657. The summed E-state index contributed by atoms with van der Waals surface area (Å²) in [5, 5.41) is 14.5. The summed E-state index contributed by atoms with van der Waals surface area (Å²) >= 11 is -3.73. The Morgan fingerprint density at radius 2 is 0.769 bits per heavy atom. The molecule has 72 valence electrons. The molecule has 0 atom stereocenters. The van der Waals surface area contributed by atoms with Crippen molar-refractivity contribution in [3.63, 3.8) is 0 Å². The van der Waals surface area contributed by atoms with Crippen molar-refractivity contribution >= 4 is 19.5 Å². The first-order chi connectivity index (χ1) is 6.24. The molecular weight excluding hydrogens is 279 g/mol. The average molecular weight is 291 g/mol. The minimum absolute atomic E-state index is 1.53. The van der Waals surface area contributed by atoms with E-state index >= 15 is 0 Å². The monoisotopic (exact) mass is 292 g/mol. The van der Waals surface area contributed by atoms with E-state index in [-0.39, 0.29) is 0 Å². The SMILES string of the molecule is CN=[N][Sn]([N]=NC)([N]=NC)[N]=NC. The molecule has 0 heterocycles. The van der Waals surface area contributed by atoms with Crippen LogP contribution in [-0.2, 0) is 0 Å². The van der Waals surface area contributed by atoms with Gasteiger partial charge in [0.2, 0.25) is 0 Å². The number of rotatable bonds is 4. The molecule has 13 heavy (non-hydrogen) atoms. The van der Waals surface area contributed by atoms with Crippen LogP contribution in [0.1, 0.15) is 0 Å². The molecule has 0 spiro atoms. The van der Waals surface area contributed by atoms with Gasteiger partial charge in [0.25, 0.3) is 0 Å². The molecule has 0 fully saturated rings. The molecule has 0 amide bonds. The Hall–Kier alpha value is -0.801. The van der Waals surface area contributed by atoms with Crippen molar-refractivity contribution in [2.24, 2.45) is 33.8 Å². The summed E-state index contributed by atoms with van der Waals surface area (Å²) in [6.07, 6.45) is 0. The van der Waals surface area contributed by atoms with E-state index in [1.807, 2.05) is 0 Å². The van der Waals surface area contributed by atoms with Crippen molar-refractivity contribution in [1.82, 2.24) is 0 Å². The molecule has 0 saturated carbocycles. The van der Waals surface area contributed by atoms with Crippen molar-refractivity contribution in [3.8, 4) is 0 Å². The Morgan fingerprint density at radius 1 is 0.538 bits per heavy atom. The van der Waals surface area contributed by atoms with Gasteiger partial charge in [-0.3, -0.25) is 0 Å². The topological polar surface area (TPSA) is 98.9 Å². The maximum atomic E-state index is 3.88. The third-order valence-corrected chi connectivity index (χ3v) is 6.28. The molecule has 0 bridgehead atoms. The summed E-state index contributed by atoms with van der Waals surface area (Å²) in [6, 6.07) is 0. The van der Waals surface area contributed by atoms with Crippen LogP contribution in [0.5, 0.6) is 0 Å². The minimum atomic E-state index is -3.73. The zero-order valence-electron chi connectivity index (χ0n) is 8.08. The summed E-state index contributed by atoms with van der Waals surface area (Å²) < 4.78 is 15.5. The normalized spacial score (nSPS) is 18.2. The van der Waals surface area contributed by atoms with Crippen LogP contribution in [0.3, 0.4) is 0 Å². The summed E-state index contributed by atoms with van der Waals surface area (Å²) in [5.41, 5.74) is 0. The fourth-order valence-corrected chi connectivity index (χ4v) is 4.40. The van der Waals surface area contributed by atoms with E-state index in [0.717, 1.165) is 0 Å². The molecule has 0 aliphatic carbocycles. The van der Waals surface area contributed by atoms with Gasteiger partial charge in [0.1, 0.15) is 0 Å². The first kappa shape index (κ1) is 12.2. The molecule has 0 aromatic rings. The molecule has 9 heteroatoms. The van der Waals surface area contributed by atoms with Gasteiger partial charge in [0, 0.05) is 0 Å². The molecule has 0 aliphatic heterocycles. The van der Waals surface area contributed by atoms with E-state index in [9.17, 15) is 0 Å². The molecule has 0 rings (SSSR count). The average Bonchev–Trinajstić information content (AvgIpc) is 2.06. The second-order valence-electron chi connectivity index (χ2n) is 1.80. The Kier molecular flexibility index (Phi) is 6.27. The molecule has 0 aliphatic rings. The number of nitrogens with zero attached hydrogens (tertiary/aromatic N) is 8. The molecule has 0 radical (unpaired) electrons. The van der Waals surface area contributed by atoms with Gasteiger partial charge in [-0.15, -0.1) is 0 Å². The van der Waals surface area contributed by atoms with Crippen LogP contribution in [0, 0.1) is 0 Å². The number of hydrogen-bond acceptors (Lipinski definition) is 8. The van der Waals surface area contributed by atoms with Crippen LogP contribution in [-0.4, -0.2) is 47.7 Å². The van der Waals surface area contributed by atoms with Crippen molar-refractivity contribution < 1.29 is 0 Å². The second kappa shape index (κ2) is 6.69. The summed E-state index contributed by atoms with van der Waals surface area (Å²) in [5.74, 6) is 0. The maximum absolute atomic E-state index is 3.88. The van der Waals surface area contributed by atoms with Gasteiger partial charge in [-0.1, -0.05) is 0 Å². The van der Waals surface area contributed by atoms with E-state index in [2.05, 4.69) is 33.8 Å². The van der Waals surface area contributed by atoms with E-state index in [1.165, 1.54) is 28.2 Å². The predicted octanol–water partition coefficient (Wildman–Crippen LogP) is 1.75. The Balaban J connectivity index is 5.02. The zero-order valence-corrected chi connectivity index (χ0v) is 10.9. The van der Waals surface area contributed by atoms with E-state index in [0.29, 0.717) is 0 Å². The van der Waals surface area contributed by atoms with Crippen LogP contribution >= 0.6 is 0 Å². The summed E-state index contributed by atoms with van der Waals surface area (Å²) in [7, 11) is 6.14. The molecule has 0 aromatic heterocycles. The molecule has 0 saturated heterocycles. The van der Waals surface area contributed by atoms with Crippen molar-refractivity contribution in [2.45, 2.75) is 0 Å². The van der Waals surface area contributed by atoms with Crippen molar-refractivity contribution in [2.75, 3.05) is 28.2 Å². The van der Waals surface area contributed by atoms with E-state index < -0.39 is 19.5 Å². The van der Waals surface area contributed by atoms with Crippen LogP contribution < -0.4 is 0 Å². The van der Waals surface area contributed by atoms with Crippen LogP contribution in [0.2, 0.25) is 0 Å². The Bertz CT molecular complexity index is 189. The quantitative estimate of drug-likeness (QED) is 0.556. The molecular formula is C4H12N8Sn. The van der Waals surface area contributed by atoms with Gasteiger partial charge in [0.05, 0.1) is 0 Å². The van der Waals surface area contributed by atoms with E-state index in [4.69, 9.17) is 0 Å². The van der Waals surface area contributed by atoms with Gasteiger partial charge in [-0.05, 0) is 0 Å². The summed E-state index contributed by atoms with van der Waals surface area (Å²) in [6.45, 7) is 0. The second-order valence-corrected chi connectivity index (χ2v) is 7.51. The molecule has 0 N–H and O–H groups in total. The van der Waals surface area contributed by atoms with Crippen molar-refractivity contribution in [3.05, 3.63) is 0 Å². The van der Waals surface area contributed by atoms with Crippen LogP contribution in [0.4, 0.5) is 0 Å². The third kappa shape index (κ3) is 4.10. The van der Waals surface area contributed by atoms with Gasteiger partial charge >= 0.3 is 81.5 Å². The fraction of sp³-hybridized carbons (Fsp3) is 1.00. The predicted molar refractivity (Wildman–Crippen MR) is 48.9 cm³/mol. The standard InChI is InChI=1S/4CH3N2.Sn/c4*1-3-2;/h4*1H3;/q4*-1;+4. The first-order valence-electron chi connectivity index (χ1n) is 3.48. The van der Waals surface area contributed by atoms with Gasteiger partial charge in [-0.25, -0.2) is 0 Å². The number of hydrogen-bond donors (Lipinski definition) is 0. The van der Waals surface area contributed by atoms with E-state index in [1.54, 1.807) is 0 Å². The zero-order chi connectivity index (χ0) is 10.2. The molecule has 0 unspecified atom stereocenters.